The van der Waals surface area contributed by atoms with Crippen LogP contribution in [0.2, 0.25) is 0 Å². The molecular formula is C21H20N2O6. The summed E-state index contributed by atoms with van der Waals surface area (Å²) < 4.78 is 5.03. The number of Topliss-reactive ketones (excluding diaryl/α,β-unsaturated/α-hetero) is 1. The number of nitro groups is 1. The number of carbonyl (C=O) groups is 2. The number of hydrogen-bond donors (Lipinski definition) is 1. The molecule has 1 aliphatic heterocycles. The van der Waals surface area contributed by atoms with E-state index in [9.17, 15) is 24.8 Å². The normalized spacial score (nSPS) is 18.2. The van der Waals surface area contributed by atoms with E-state index in [-0.39, 0.29) is 23.6 Å². The van der Waals surface area contributed by atoms with Crippen molar-refractivity contribution >= 4 is 23.1 Å². The Kier molecular flexibility index (Phi) is 6.04. The molecule has 0 spiro atoms. The second-order valence-electron chi connectivity index (χ2n) is 6.56. The lowest BCUT2D eigenvalue weighted by atomic mass is 9.95. The number of nitrogens with zero attached hydrogens (tertiary/aromatic N) is 2. The third-order valence-electron chi connectivity index (χ3n) is 4.73. The maximum atomic E-state index is 12.8. The smallest absolute Gasteiger partial charge is 0.295 e. The van der Waals surface area contributed by atoms with Gasteiger partial charge in [0.25, 0.3) is 17.4 Å². The average Bonchev–Trinajstić information content (AvgIpc) is 2.99. The van der Waals surface area contributed by atoms with Crippen molar-refractivity contribution < 1.29 is 24.4 Å². The van der Waals surface area contributed by atoms with Gasteiger partial charge in [0, 0.05) is 38.0 Å². The number of methoxy groups -OCH3 is 1. The average molecular weight is 396 g/mol. The van der Waals surface area contributed by atoms with Crippen LogP contribution in [0.25, 0.3) is 5.76 Å². The fraction of sp³-hybridized carbons (Fsp3) is 0.238. The monoisotopic (exact) mass is 396 g/mol. The lowest BCUT2D eigenvalue weighted by molar-refractivity contribution is -0.384. The van der Waals surface area contributed by atoms with Gasteiger partial charge in [-0.15, -0.1) is 0 Å². The molecule has 1 N–H and O–H groups in total. The van der Waals surface area contributed by atoms with Gasteiger partial charge in [-0.3, -0.25) is 19.7 Å². The number of hydrogen-bond acceptors (Lipinski definition) is 6. The number of nitro benzene ring substituents is 1. The number of aliphatic hydroxyl groups excluding tert-OH is 1. The zero-order chi connectivity index (χ0) is 21.0. The van der Waals surface area contributed by atoms with Crippen LogP contribution in [0.1, 0.15) is 23.6 Å². The number of ketones is 1. The summed E-state index contributed by atoms with van der Waals surface area (Å²) in [6.45, 7) is 0.584. The minimum atomic E-state index is -0.924. The molecule has 1 amide bonds. The van der Waals surface area contributed by atoms with E-state index in [1.165, 1.54) is 30.2 Å². The third kappa shape index (κ3) is 4.02. The molecule has 3 rings (SSSR count). The highest BCUT2D eigenvalue weighted by molar-refractivity contribution is 6.46. The summed E-state index contributed by atoms with van der Waals surface area (Å²) in [7, 11) is 1.53. The lowest BCUT2D eigenvalue weighted by Gasteiger charge is -2.25. The highest BCUT2D eigenvalue weighted by Crippen LogP contribution is 2.40. The topological polar surface area (TPSA) is 110 Å². The standard InChI is InChI=1S/C21H20N2O6/c1-29-12-6-11-22-18(15-9-5-10-16(13-15)23(27)28)17(20(25)21(22)26)19(24)14-7-3-2-4-8-14/h2-5,7-10,13,18,24H,6,11-12H2,1H3/b19-17+/t18-/m1/s1. The number of rotatable bonds is 7. The van der Waals surface area contributed by atoms with Crippen LogP contribution in [0, 0.1) is 10.1 Å². The van der Waals surface area contributed by atoms with Gasteiger partial charge in [0.05, 0.1) is 16.5 Å². The molecule has 0 radical (unpaired) electrons. The first-order valence-corrected chi connectivity index (χ1v) is 9.02. The molecule has 0 bridgehead atoms. The minimum Gasteiger partial charge on any atom is -0.507 e. The summed E-state index contributed by atoms with van der Waals surface area (Å²) >= 11 is 0. The van der Waals surface area contributed by atoms with E-state index in [1.807, 2.05) is 0 Å². The van der Waals surface area contributed by atoms with Crippen molar-refractivity contribution in [1.29, 1.82) is 0 Å². The largest absolute Gasteiger partial charge is 0.507 e. The van der Waals surface area contributed by atoms with Crippen LogP contribution in [0.4, 0.5) is 5.69 Å². The van der Waals surface area contributed by atoms with Crippen molar-refractivity contribution in [3.63, 3.8) is 0 Å². The van der Waals surface area contributed by atoms with Crippen LogP contribution in [-0.2, 0) is 14.3 Å². The van der Waals surface area contributed by atoms with E-state index in [0.29, 0.717) is 24.2 Å². The molecule has 0 aromatic heterocycles. The molecule has 1 saturated heterocycles. The fourth-order valence-corrected chi connectivity index (χ4v) is 3.40. The first-order chi connectivity index (χ1) is 14.0. The Labute approximate surface area is 167 Å². The van der Waals surface area contributed by atoms with Crippen LogP contribution in [-0.4, -0.2) is 46.9 Å². The third-order valence-corrected chi connectivity index (χ3v) is 4.73. The number of carbonyl (C=O) groups excluding carboxylic acids is 2. The number of benzene rings is 2. The quantitative estimate of drug-likeness (QED) is 0.192. The van der Waals surface area contributed by atoms with Gasteiger partial charge in [-0.2, -0.15) is 0 Å². The molecule has 0 saturated carbocycles. The SMILES string of the molecule is COCCCN1C(=O)C(=O)/C(=C(/O)c2ccccc2)[C@H]1c1cccc([N+](=O)[O-])c1. The van der Waals surface area contributed by atoms with Crippen molar-refractivity contribution in [1.82, 2.24) is 4.90 Å². The molecule has 1 heterocycles. The molecule has 2 aromatic rings. The maximum Gasteiger partial charge on any atom is 0.295 e. The highest BCUT2D eigenvalue weighted by atomic mass is 16.6. The lowest BCUT2D eigenvalue weighted by Crippen LogP contribution is -2.31. The van der Waals surface area contributed by atoms with Crippen molar-refractivity contribution in [3.05, 3.63) is 81.4 Å². The fourth-order valence-electron chi connectivity index (χ4n) is 3.40. The summed E-state index contributed by atoms with van der Waals surface area (Å²) in [4.78, 5) is 37.5. The van der Waals surface area contributed by atoms with Crippen LogP contribution in [0.5, 0.6) is 0 Å². The van der Waals surface area contributed by atoms with Gasteiger partial charge < -0.3 is 14.7 Å². The predicted octanol–water partition coefficient (Wildman–Crippen LogP) is 3.05. The van der Waals surface area contributed by atoms with Crippen molar-refractivity contribution in [3.8, 4) is 0 Å². The van der Waals surface area contributed by atoms with Crippen LogP contribution < -0.4 is 0 Å². The number of ether oxygens (including phenoxy) is 1. The number of non-ortho nitro benzene ring substituents is 1. The number of likely N-dealkylation sites (tertiary alicyclic amines) is 1. The molecule has 29 heavy (non-hydrogen) atoms. The van der Waals surface area contributed by atoms with Crippen molar-refractivity contribution in [2.24, 2.45) is 0 Å². The van der Waals surface area contributed by atoms with Gasteiger partial charge in [0.15, 0.2) is 0 Å². The van der Waals surface area contributed by atoms with E-state index in [1.54, 1.807) is 36.4 Å². The van der Waals surface area contributed by atoms with E-state index in [4.69, 9.17) is 4.74 Å². The Morgan fingerprint density at radius 2 is 1.90 bits per heavy atom. The first kappa shape index (κ1) is 20.2. The first-order valence-electron chi connectivity index (χ1n) is 9.02. The molecule has 1 fully saturated rings. The zero-order valence-electron chi connectivity index (χ0n) is 15.8. The Morgan fingerprint density at radius 3 is 2.55 bits per heavy atom. The highest BCUT2D eigenvalue weighted by Gasteiger charge is 2.46. The molecule has 1 aliphatic rings. The molecule has 0 aliphatic carbocycles. The minimum absolute atomic E-state index is 0.0842. The summed E-state index contributed by atoms with van der Waals surface area (Å²) in [5.74, 6) is -1.88. The predicted molar refractivity (Wildman–Crippen MR) is 105 cm³/mol. The van der Waals surface area contributed by atoms with Crippen molar-refractivity contribution in [2.45, 2.75) is 12.5 Å². The van der Waals surface area contributed by atoms with Gasteiger partial charge in [-0.1, -0.05) is 42.5 Å². The van der Waals surface area contributed by atoms with E-state index < -0.39 is 22.7 Å². The van der Waals surface area contributed by atoms with E-state index in [0.717, 1.165) is 0 Å². The molecule has 2 aromatic carbocycles. The number of aliphatic hydroxyl groups is 1. The van der Waals surface area contributed by atoms with Crippen LogP contribution >= 0.6 is 0 Å². The molecular weight excluding hydrogens is 376 g/mol. The Hall–Kier alpha value is -3.52. The van der Waals surface area contributed by atoms with Gasteiger partial charge in [0.2, 0.25) is 0 Å². The molecule has 0 unspecified atom stereocenters. The van der Waals surface area contributed by atoms with E-state index in [2.05, 4.69) is 0 Å². The van der Waals surface area contributed by atoms with Gasteiger partial charge >= 0.3 is 0 Å². The molecule has 1 atom stereocenters. The Morgan fingerprint density at radius 1 is 1.17 bits per heavy atom. The summed E-state index contributed by atoms with van der Waals surface area (Å²) in [6, 6.07) is 13.2. The summed E-state index contributed by atoms with van der Waals surface area (Å²) in [6.07, 6.45) is 0.473. The Balaban J connectivity index is 2.15. The summed E-state index contributed by atoms with van der Waals surface area (Å²) in [5, 5.41) is 22.0. The zero-order valence-corrected chi connectivity index (χ0v) is 15.8. The molecule has 8 nitrogen and oxygen atoms in total. The maximum absolute atomic E-state index is 12.8. The summed E-state index contributed by atoms with van der Waals surface area (Å²) in [5.41, 5.74) is 0.523. The van der Waals surface area contributed by atoms with E-state index >= 15 is 0 Å². The second-order valence-corrected chi connectivity index (χ2v) is 6.56. The molecule has 150 valence electrons. The Bertz CT molecular complexity index is 970. The van der Waals surface area contributed by atoms with Crippen LogP contribution in [0.15, 0.2) is 60.2 Å². The van der Waals surface area contributed by atoms with Crippen molar-refractivity contribution in [2.75, 3.05) is 20.3 Å². The van der Waals surface area contributed by atoms with Gasteiger partial charge in [-0.05, 0) is 12.0 Å². The second kappa shape index (κ2) is 8.66. The van der Waals surface area contributed by atoms with Crippen LogP contribution in [0.3, 0.4) is 0 Å². The molecule has 8 heteroatoms. The van der Waals surface area contributed by atoms with Gasteiger partial charge in [-0.25, -0.2) is 0 Å². The van der Waals surface area contributed by atoms with Gasteiger partial charge in [0.1, 0.15) is 5.76 Å². The number of amides is 1.